The van der Waals surface area contributed by atoms with Crippen molar-refractivity contribution in [2.24, 2.45) is 0 Å². The van der Waals surface area contributed by atoms with Gasteiger partial charge >= 0.3 is 0 Å². The molecule has 3 aliphatic rings. The number of ether oxygens (including phenoxy) is 2. The lowest BCUT2D eigenvalue weighted by Crippen LogP contribution is -2.58. The maximum Gasteiger partial charge on any atom is 0.243 e. The largest absolute Gasteiger partial charge is 0.396 e. The molecule has 254 valence electrons. The van der Waals surface area contributed by atoms with Crippen LogP contribution in [0.25, 0.3) is 0 Å². The summed E-state index contributed by atoms with van der Waals surface area (Å²) in [6, 6.07) is 2.80. The van der Waals surface area contributed by atoms with Crippen LogP contribution in [-0.4, -0.2) is 118 Å². The van der Waals surface area contributed by atoms with E-state index in [1.54, 1.807) is 19.1 Å². The van der Waals surface area contributed by atoms with Gasteiger partial charge in [-0.1, -0.05) is 23.8 Å². The number of carbonyl (C=O) groups is 4. The number of benzene rings is 1. The van der Waals surface area contributed by atoms with Crippen molar-refractivity contribution in [2.75, 3.05) is 52.3 Å². The van der Waals surface area contributed by atoms with Gasteiger partial charge in [0.05, 0.1) is 37.3 Å². The van der Waals surface area contributed by atoms with E-state index in [1.807, 2.05) is 4.90 Å². The summed E-state index contributed by atoms with van der Waals surface area (Å²) in [5.41, 5.74) is 0.667. The predicted molar refractivity (Wildman–Crippen MR) is 169 cm³/mol. The molecule has 2 aliphatic heterocycles. The summed E-state index contributed by atoms with van der Waals surface area (Å²) < 4.78 is 34.7. The van der Waals surface area contributed by atoms with Gasteiger partial charge < -0.3 is 30.5 Å². The van der Waals surface area contributed by atoms with E-state index in [4.69, 9.17) is 9.47 Å². The highest BCUT2D eigenvalue weighted by molar-refractivity contribution is 7.90. The average Bonchev–Trinajstić information content (AvgIpc) is 3.78. The number of aliphatic hydroxyl groups excluding tert-OH is 1. The minimum Gasteiger partial charge on any atom is -0.396 e. The van der Waals surface area contributed by atoms with E-state index in [1.165, 1.54) is 12.1 Å². The standard InChI is InChI=1S/C32H46N4O9S/c1-32(21-45-32)29(39)26(18-22-6-4-3-5-7-22)34-31(41)27(19-23-8-10-24(11-9-23)46(2,42)43)35-30(40)25(12-15-37)33-28(38)20-36-13-16-44-17-14-36/h6,8-11,25-27,37H,3-5,7,12-21H2,1-2H3,(H,33,38)(H,34,41)(H,35,40)/t25-,26-,27-,32+/m0/s1. The van der Waals surface area contributed by atoms with Crippen LogP contribution in [0.4, 0.5) is 0 Å². The first-order valence-corrected chi connectivity index (χ1v) is 17.7. The van der Waals surface area contributed by atoms with Crippen molar-refractivity contribution in [1.29, 1.82) is 0 Å². The van der Waals surface area contributed by atoms with E-state index in [2.05, 4.69) is 22.0 Å². The second-order valence-corrected chi connectivity index (χ2v) is 14.5. The molecule has 13 nitrogen and oxygen atoms in total. The number of hydrogen-bond acceptors (Lipinski definition) is 10. The molecule has 3 amide bonds. The van der Waals surface area contributed by atoms with Crippen molar-refractivity contribution in [1.82, 2.24) is 20.9 Å². The number of allylic oxidation sites excluding steroid dienone is 1. The Morgan fingerprint density at radius 2 is 1.61 bits per heavy atom. The molecule has 1 aliphatic carbocycles. The third-order valence-electron chi connectivity index (χ3n) is 8.55. The SMILES string of the molecule is C[C@]1(C(=O)[C@H](CC2=CCCCC2)NC(=O)[C@H](Cc2ccc(S(C)(=O)=O)cc2)NC(=O)[C@H](CCO)NC(=O)CN2CCOCC2)CO1. The summed E-state index contributed by atoms with van der Waals surface area (Å²) >= 11 is 0. The zero-order valence-corrected chi connectivity index (χ0v) is 27.4. The highest BCUT2D eigenvalue weighted by atomic mass is 32.2. The van der Waals surface area contributed by atoms with Crippen LogP contribution in [0.5, 0.6) is 0 Å². The van der Waals surface area contributed by atoms with Crippen LogP contribution in [0.3, 0.4) is 0 Å². The Kier molecular flexibility index (Phi) is 12.5. The maximum absolute atomic E-state index is 13.9. The normalized spacial score (nSPS) is 22.1. The van der Waals surface area contributed by atoms with Crippen molar-refractivity contribution < 1.29 is 42.2 Å². The fourth-order valence-corrected chi connectivity index (χ4v) is 6.27. The van der Waals surface area contributed by atoms with E-state index in [9.17, 15) is 32.7 Å². The van der Waals surface area contributed by atoms with Crippen molar-refractivity contribution in [2.45, 2.75) is 80.5 Å². The third kappa shape index (κ3) is 10.4. The fourth-order valence-electron chi connectivity index (χ4n) is 5.64. The van der Waals surface area contributed by atoms with Gasteiger partial charge in [0.25, 0.3) is 0 Å². The summed E-state index contributed by atoms with van der Waals surface area (Å²) in [5, 5.41) is 17.9. The Morgan fingerprint density at radius 3 is 2.20 bits per heavy atom. The fraction of sp³-hybridized carbons (Fsp3) is 0.625. The molecular weight excluding hydrogens is 616 g/mol. The van der Waals surface area contributed by atoms with Crippen LogP contribution in [-0.2, 0) is 44.9 Å². The van der Waals surface area contributed by atoms with Crippen LogP contribution >= 0.6 is 0 Å². The molecule has 4 atom stereocenters. The van der Waals surface area contributed by atoms with Crippen molar-refractivity contribution >= 4 is 33.3 Å². The molecule has 2 fully saturated rings. The first kappa shape index (κ1) is 35.7. The molecule has 46 heavy (non-hydrogen) atoms. The van der Waals surface area contributed by atoms with Gasteiger partial charge in [-0.05, 0) is 63.1 Å². The quantitative estimate of drug-likeness (QED) is 0.139. The van der Waals surface area contributed by atoms with Crippen LogP contribution in [0.2, 0.25) is 0 Å². The molecule has 2 saturated heterocycles. The maximum atomic E-state index is 13.9. The number of ketones is 1. The van der Waals surface area contributed by atoms with Gasteiger partial charge in [-0.3, -0.25) is 24.1 Å². The zero-order chi connectivity index (χ0) is 33.3. The summed E-state index contributed by atoms with van der Waals surface area (Å²) in [6.07, 6.45) is 7.23. The van der Waals surface area contributed by atoms with E-state index in [0.29, 0.717) is 38.3 Å². The average molecular weight is 663 g/mol. The van der Waals surface area contributed by atoms with Crippen LogP contribution in [0, 0.1) is 0 Å². The molecule has 0 spiro atoms. The highest BCUT2D eigenvalue weighted by Crippen LogP contribution is 2.31. The lowest BCUT2D eigenvalue weighted by molar-refractivity contribution is -0.134. The Labute approximate surface area is 270 Å². The van der Waals surface area contributed by atoms with Crippen molar-refractivity contribution in [3.63, 3.8) is 0 Å². The number of sulfone groups is 1. The van der Waals surface area contributed by atoms with Crippen LogP contribution in [0.1, 0.15) is 51.0 Å². The lowest BCUT2D eigenvalue weighted by Gasteiger charge is -2.28. The lowest BCUT2D eigenvalue weighted by atomic mass is 9.89. The third-order valence-corrected chi connectivity index (χ3v) is 9.68. The number of nitrogens with one attached hydrogen (secondary N) is 3. The Morgan fingerprint density at radius 1 is 0.957 bits per heavy atom. The van der Waals surface area contributed by atoms with E-state index >= 15 is 0 Å². The first-order chi connectivity index (χ1) is 21.9. The number of epoxide rings is 1. The second-order valence-electron chi connectivity index (χ2n) is 12.5. The zero-order valence-electron chi connectivity index (χ0n) is 26.6. The Bertz CT molecular complexity index is 1390. The van der Waals surface area contributed by atoms with E-state index < -0.39 is 51.3 Å². The number of amides is 3. The molecule has 0 aromatic heterocycles. The first-order valence-electron chi connectivity index (χ1n) is 15.8. The number of rotatable bonds is 16. The Balaban J connectivity index is 1.52. The number of nitrogens with zero attached hydrogens (tertiary/aromatic N) is 1. The van der Waals surface area contributed by atoms with Gasteiger partial charge in [0.15, 0.2) is 15.6 Å². The topological polar surface area (TPSA) is 184 Å². The highest BCUT2D eigenvalue weighted by Gasteiger charge is 2.50. The number of hydrogen-bond donors (Lipinski definition) is 4. The predicted octanol–water partition coefficient (Wildman–Crippen LogP) is 0.0501. The van der Waals surface area contributed by atoms with E-state index in [0.717, 1.165) is 37.5 Å². The molecule has 0 saturated carbocycles. The van der Waals surface area contributed by atoms with Crippen LogP contribution in [0.15, 0.2) is 40.8 Å². The molecule has 4 rings (SSSR count). The molecule has 0 bridgehead atoms. The monoisotopic (exact) mass is 662 g/mol. The summed E-state index contributed by atoms with van der Waals surface area (Å²) in [4.78, 5) is 55.7. The minimum atomic E-state index is -3.45. The second kappa shape index (κ2) is 16.1. The van der Waals surface area contributed by atoms with E-state index in [-0.39, 0.29) is 43.3 Å². The van der Waals surface area contributed by atoms with Gasteiger partial charge in [0.1, 0.15) is 17.7 Å². The number of Topliss-reactive ketones (excluding diaryl/α,β-unsaturated/α-hetero) is 1. The van der Waals surface area contributed by atoms with Crippen molar-refractivity contribution in [3.05, 3.63) is 41.5 Å². The van der Waals surface area contributed by atoms with Gasteiger partial charge in [-0.25, -0.2) is 8.42 Å². The number of morpholine rings is 1. The van der Waals surface area contributed by atoms with Gasteiger partial charge in [-0.2, -0.15) is 0 Å². The van der Waals surface area contributed by atoms with Gasteiger partial charge in [0, 0.05) is 32.4 Å². The summed E-state index contributed by atoms with van der Waals surface area (Å²) in [6.45, 7) is 3.77. The minimum absolute atomic E-state index is 0.0213. The van der Waals surface area contributed by atoms with Gasteiger partial charge in [0.2, 0.25) is 17.7 Å². The summed E-state index contributed by atoms with van der Waals surface area (Å²) in [7, 11) is -3.45. The Hall–Kier alpha value is -3.17. The number of aliphatic hydroxyl groups is 1. The summed E-state index contributed by atoms with van der Waals surface area (Å²) in [5.74, 6) is -1.94. The molecule has 1 aromatic carbocycles. The molecule has 1 aromatic rings. The molecule has 4 N–H and O–H groups in total. The molecule has 14 heteroatoms. The van der Waals surface area contributed by atoms with Gasteiger partial charge in [-0.15, -0.1) is 0 Å². The molecular formula is C32H46N4O9S. The molecule has 0 radical (unpaired) electrons. The molecule has 2 heterocycles. The van der Waals surface area contributed by atoms with Crippen LogP contribution < -0.4 is 16.0 Å². The molecule has 0 unspecified atom stereocenters. The number of carbonyl (C=O) groups excluding carboxylic acids is 4. The van der Waals surface area contributed by atoms with Crippen molar-refractivity contribution in [3.8, 4) is 0 Å². The smallest absolute Gasteiger partial charge is 0.243 e.